The van der Waals surface area contributed by atoms with Crippen molar-refractivity contribution in [2.75, 3.05) is 33.9 Å². The van der Waals surface area contributed by atoms with Gasteiger partial charge >= 0.3 is 0 Å². The third-order valence-electron chi connectivity index (χ3n) is 3.99. The van der Waals surface area contributed by atoms with Crippen LogP contribution in [-0.2, 0) is 4.74 Å². The highest BCUT2D eigenvalue weighted by molar-refractivity contribution is 5.31. The van der Waals surface area contributed by atoms with E-state index in [9.17, 15) is 0 Å². The highest BCUT2D eigenvalue weighted by atomic mass is 16.5. The van der Waals surface area contributed by atoms with Gasteiger partial charge in [0, 0.05) is 19.1 Å². The van der Waals surface area contributed by atoms with E-state index in [0.29, 0.717) is 6.04 Å². The van der Waals surface area contributed by atoms with Crippen LogP contribution < -0.4 is 10.1 Å². The summed E-state index contributed by atoms with van der Waals surface area (Å²) < 4.78 is 11.3. The Kier molecular flexibility index (Phi) is 5.40. The molecule has 4 heteroatoms. The number of rotatable bonds is 5. The maximum Gasteiger partial charge on any atom is 0.119 e. The molecule has 0 amide bonds. The van der Waals surface area contributed by atoms with Gasteiger partial charge in [-0.15, -0.1) is 0 Å². The molecule has 0 radical (unpaired) electrons. The van der Waals surface area contributed by atoms with Gasteiger partial charge in [-0.3, -0.25) is 4.90 Å². The Morgan fingerprint density at radius 2 is 2.20 bits per heavy atom. The van der Waals surface area contributed by atoms with Gasteiger partial charge in [-0.05, 0) is 38.6 Å². The SMILES string of the molecule is CNC(c1cccc(OC)c1)C1CN(C(C)C)CCO1. The first-order valence-corrected chi connectivity index (χ1v) is 7.32. The van der Waals surface area contributed by atoms with Crippen molar-refractivity contribution in [1.29, 1.82) is 0 Å². The summed E-state index contributed by atoms with van der Waals surface area (Å²) in [5, 5.41) is 3.39. The minimum atomic E-state index is 0.170. The van der Waals surface area contributed by atoms with Crippen LogP contribution in [0.5, 0.6) is 5.75 Å². The van der Waals surface area contributed by atoms with Crippen LogP contribution in [0.15, 0.2) is 24.3 Å². The van der Waals surface area contributed by atoms with Crippen molar-refractivity contribution in [1.82, 2.24) is 10.2 Å². The molecule has 1 aliphatic heterocycles. The molecule has 0 saturated carbocycles. The van der Waals surface area contributed by atoms with Crippen LogP contribution in [0.2, 0.25) is 0 Å². The molecule has 1 aromatic rings. The fraction of sp³-hybridized carbons (Fsp3) is 0.625. The number of methoxy groups -OCH3 is 1. The summed E-state index contributed by atoms with van der Waals surface area (Å²) in [4.78, 5) is 2.47. The number of hydrogen-bond acceptors (Lipinski definition) is 4. The molecule has 1 heterocycles. The van der Waals surface area contributed by atoms with E-state index in [4.69, 9.17) is 9.47 Å². The van der Waals surface area contributed by atoms with Gasteiger partial charge in [-0.25, -0.2) is 0 Å². The summed E-state index contributed by atoms with van der Waals surface area (Å²) in [6.07, 6.45) is 0.170. The Hall–Kier alpha value is -1.10. The fourth-order valence-electron chi connectivity index (χ4n) is 2.77. The molecule has 112 valence electrons. The highest BCUT2D eigenvalue weighted by Gasteiger charge is 2.29. The molecule has 1 saturated heterocycles. The highest BCUT2D eigenvalue weighted by Crippen LogP contribution is 2.25. The summed E-state index contributed by atoms with van der Waals surface area (Å²) in [5.74, 6) is 0.888. The summed E-state index contributed by atoms with van der Waals surface area (Å²) in [6.45, 7) is 7.25. The van der Waals surface area contributed by atoms with Crippen molar-refractivity contribution in [2.24, 2.45) is 0 Å². The molecule has 1 fully saturated rings. The third-order valence-corrected chi connectivity index (χ3v) is 3.99. The second-order valence-electron chi connectivity index (χ2n) is 5.54. The lowest BCUT2D eigenvalue weighted by molar-refractivity contribution is -0.0550. The smallest absolute Gasteiger partial charge is 0.119 e. The summed E-state index contributed by atoms with van der Waals surface area (Å²) >= 11 is 0. The lowest BCUT2D eigenvalue weighted by Crippen LogP contribution is -2.49. The fourth-order valence-corrected chi connectivity index (χ4v) is 2.77. The number of nitrogens with one attached hydrogen (secondary N) is 1. The van der Waals surface area contributed by atoms with E-state index in [1.165, 1.54) is 5.56 Å². The van der Waals surface area contributed by atoms with Crippen LogP contribution in [0.1, 0.15) is 25.5 Å². The van der Waals surface area contributed by atoms with Crippen LogP contribution in [0.3, 0.4) is 0 Å². The van der Waals surface area contributed by atoms with Crippen LogP contribution in [0, 0.1) is 0 Å². The third kappa shape index (κ3) is 3.51. The van der Waals surface area contributed by atoms with Crippen molar-refractivity contribution in [3.05, 3.63) is 29.8 Å². The number of likely N-dealkylation sites (N-methyl/N-ethyl adjacent to an activating group) is 1. The lowest BCUT2D eigenvalue weighted by Gasteiger charge is -2.39. The Balaban J connectivity index is 2.14. The Morgan fingerprint density at radius 3 is 2.85 bits per heavy atom. The number of nitrogens with zero attached hydrogens (tertiary/aromatic N) is 1. The Bertz CT molecular complexity index is 423. The molecule has 4 nitrogen and oxygen atoms in total. The molecule has 2 rings (SSSR count). The predicted molar refractivity (Wildman–Crippen MR) is 81.2 cm³/mol. The number of morpholine rings is 1. The van der Waals surface area contributed by atoms with E-state index in [-0.39, 0.29) is 12.1 Å². The molecule has 0 spiro atoms. The zero-order valence-electron chi connectivity index (χ0n) is 12.9. The summed E-state index contributed by atoms with van der Waals surface area (Å²) in [6, 6.07) is 8.95. The number of hydrogen-bond donors (Lipinski definition) is 1. The van der Waals surface area contributed by atoms with E-state index in [0.717, 1.165) is 25.4 Å². The average Bonchev–Trinajstić information content (AvgIpc) is 2.48. The van der Waals surface area contributed by atoms with Gasteiger partial charge in [-0.2, -0.15) is 0 Å². The average molecular weight is 278 g/mol. The molecule has 1 aliphatic rings. The Labute approximate surface area is 122 Å². The molecule has 1 aromatic carbocycles. The zero-order valence-corrected chi connectivity index (χ0v) is 12.9. The van der Waals surface area contributed by atoms with Gasteiger partial charge in [0.2, 0.25) is 0 Å². The first-order chi connectivity index (χ1) is 9.65. The van der Waals surface area contributed by atoms with Gasteiger partial charge in [0.1, 0.15) is 5.75 Å². The Morgan fingerprint density at radius 1 is 1.40 bits per heavy atom. The van der Waals surface area contributed by atoms with Crippen molar-refractivity contribution in [2.45, 2.75) is 32.0 Å². The van der Waals surface area contributed by atoms with Crippen LogP contribution in [0.25, 0.3) is 0 Å². The van der Waals surface area contributed by atoms with Crippen molar-refractivity contribution in [3.63, 3.8) is 0 Å². The number of ether oxygens (including phenoxy) is 2. The largest absolute Gasteiger partial charge is 0.497 e. The zero-order chi connectivity index (χ0) is 14.5. The molecular formula is C16H26N2O2. The van der Waals surface area contributed by atoms with E-state index in [1.807, 2.05) is 19.2 Å². The van der Waals surface area contributed by atoms with Crippen molar-refractivity contribution < 1.29 is 9.47 Å². The topological polar surface area (TPSA) is 33.7 Å². The normalized spacial score (nSPS) is 21.9. The second kappa shape index (κ2) is 7.07. The predicted octanol–water partition coefficient (Wildman–Crippen LogP) is 2.06. The maximum absolute atomic E-state index is 5.99. The quantitative estimate of drug-likeness (QED) is 0.894. The van der Waals surface area contributed by atoms with E-state index >= 15 is 0 Å². The van der Waals surface area contributed by atoms with Gasteiger partial charge < -0.3 is 14.8 Å². The van der Waals surface area contributed by atoms with E-state index < -0.39 is 0 Å². The standard InChI is InChI=1S/C16H26N2O2/c1-12(2)18-8-9-20-15(11-18)16(17-3)13-6-5-7-14(10-13)19-4/h5-7,10,12,15-17H,8-9,11H2,1-4H3. The minimum Gasteiger partial charge on any atom is -0.497 e. The van der Waals surface area contributed by atoms with Crippen LogP contribution >= 0.6 is 0 Å². The van der Waals surface area contributed by atoms with Gasteiger partial charge in [0.15, 0.2) is 0 Å². The van der Waals surface area contributed by atoms with Crippen molar-refractivity contribution in [3.8, 4) is 5.75 Å². The van der Waals surface area contributed by atoms with Gasteiger partial charge in [-0.1, -0.05) is 12.1 Å². The second-order valence-corrected chi connectivity index (χ2v) is 5.54. The summed E-state index contributed by atoms with van der Waals surface area (Å²) in [7, 11) is 3.69. The molecule has 1 N–H and O–H groups in total. The van der Waals surface area contributed by atoms with Crippen molar-refractivity contribution >= 4 is 0 Å². The van der Waals surface area contributed by atoms with Gasteiger partial charge in [0.25, 0.3) is 0 Å². The van der Waals surface area contributed by atoms with Gasteiger partial charge in [0.05, 0.1) is 25.9 Å². The molecule has 2 atom stereocenters. The maximum atomic E-state index is 5.99. The van der Waals surface area contributed by atoms with Crippen LogP contribution in [-0.4, -0.2) is 50.9 Å². The molecule has 0 bridgehead atoms. The molecular weight excluding hydrogens is 252 g/mol. The number of benzene rings is 1. The molecule has 0 aromatic heterocycles. The molecule has 0 aliphatic carbocycles. The van der Waals surface area contributed by atoms with E-state index in [2.05, 4.69) is 36.2 Å². The first-order valence-electron chi connectivity index (χ1n) is 7.32. The summed E-state index contributed by atoms with van der Waals surface area (Å²) in [5.41, 5.74) is 1.21. The van der Waals surface area contributed by atoms with Crippen LogP contribution in [0.4, 0.5) is 0 Å². The molecule has 20 heavy (non-hydrogen) atoms. The molecule has 2 unspecified atom stereocenters. The van der Waals surface area contributed by atoms with E-state index in [1.54, 1.807) is 7.11 Å². The monoisotopic (exact) mass is 278 g/mol. The lowest BCUT2D eigenvalue weighted by atomic mass is 9.99. The first kappa shape index (κ1) is 15.3. The minimum absolute atomic E-state index is 0.170.